The van der Waals surface area contributed by atoms with Crippen molar-refractivity contribution in [3.05, 3.63) is 122 Å². The second-order valence-electron chi connectivity index (χ2n) is 17.2. The van der Waals surface area contributed by atoms with Crippen LogP contribution in [-0.2, 0) is 21.7 Å². The van der Waals surface area contributed by atoms with Crippen LogP contribution in [0.25, 0.3) is 0 Å². The molecule has 2 nitrogen and oxygen atoms in total. The molecule has 256 valence electrons. The van der Waals surface area contributed by atoms with Gasteiger partial charge in [0.1, 0.15) is 0 Å². The highest BCUT2D eigenvalue weighted by atomic mass is 79.9. The molecule has 4 rings (SSSR count). The van der Waals surface area contributed by atoms with Crippen molar-refractivity contribution >= 4 is 33.0 Å². The minimum absolute atomic E-state index is 0.183. The van der Waals surface area contributed by atoms with E-state index in [1.165, 1.54) is 54.7 Å². The Balaban J connectivity index is 0.000000270. The Bertz CT molecular complexity index is 1550. The molecule has 0 saturated carbocycles. The molecule has 0 aromatic heterocycles. The normalized spacial score (nSPS) is 12.0. The highest BCUT2D eigenvalue weighted by Gasteiger charge is 2.18. The van der Waals surface area contributed by atoms with Gasteiger partial charge in [-0.2, -0.15) is 0 Å². The molecule has 0 heterocycles. The number of halogens is 1. The van der Waals surface area contributed by atoms with Crippen LogP contribution in [0.15, 0.2) is 77.3 Å². The number of nitrogens with one attached hydrogen (secondary N) is 1. The standard InChI is InChI=1S/C22H31N.C12H17Br.C10H15N/c1-15-13-18(22(6,7)8)14-16(2)20(15)23-19-11-9-17(10-12-19)21(3,4)5;1-8-6-10(12(3,4)5)7-9(2)11(8)13;1-10(2,3)8-4-6-9(11)7-5-8/h9-14,23H,1-8H3;6-7H,1-5H3;4-7H,11H2,1-3H3. The van der Waals surface area contributed by atoms with E-state index >= 15 is 0 Å². The van der Waals surface area contributed by atoms with Crippen LogP contribution >= 0.6 is 15.9 Å². The molecule has 0 unspecified atom stereocenters. The van der Waals surface area contributed by atoms with Crippen LogP contribution in [0.1, 0.15) is 128 Å². The predicted molar refractivity (Wildman–Crippen MR) is 215 cm³/mol. The molecular weight excluding hydrogens is 636 g/mol. The molecule has 4 aromatic rings. The molecule has 0 amide bonds. The summed E-state index contributed by atoms with van der Waals surface area (Å²) in [7, 11) is 0. The summed E-state index contributed by atoms with van der Waals surface area (Å²) in [5.41, 5.74) is 20.4. The average Bonchev–Trinajstić information content (AvgIpc) is 2.92. The molecule has 4 aromatic carbocycles. The molecule has 0 bridgehead atoms. The maximum atomic E-state index is 5.57. The Hall–Kier alpha value is -3.04. The third-order valence-electron chi connectivity index (χ3n) is 8.50. The lowest BCUT2D eigenvalue weighted by molar-refractivity contribution is 0.589. The smallest absolute Gasteiger partial charge is 0.0443 e. The summed E-state index contributed by atoms with van der Waals surface area (Å²) in [5, 5.41) is 3.60. The van der Waals surface area contributed by atoms with Crippen LogP contribution in [0.2, 0.25) is 0 Å². The highest BCUT2D eigenvalue weighted by molar-refractivity contribution is 9.10. The Morgan fingerprint density at radius 1 is 0.447 bits per heavy atom. The average molecular weight is 700 g/mol. The Kier molecular flexibility index (Phi) is 13.2. The van der Waals surface area contributed by atoms with Gasteiger partial charge in [-0.1, -0.05) is 148 Å². The Morgan fingerprint density at radius 2 is 0.745 bits per heavy atom. The molecule has 0 atom stereocenters. The lowest BCUT2D eigenvalue weighted by Crippen LogP contribution is -2.12. The predicted octanol–water partition coefficient (Wildman–Crippen LogP) is 13.6. The first-order chi connectivity index (χ1) is 21.3. The minimum atomic E-state index is 0.183. The van der Waals surface area contributed by atoms with Crippen molar-refractivity contribution in [1.82, 2.24) is 0 Å². The second-order valence-corrected chi connectivity index (χ2v) is 18.0. The maximum Gasteiger partial charge on any atom is 0.0443 e. The summed E-state index contributed by atoms with van der Waals surface area (Å²) >= 11 is 3.58. The summed E-state index contributed by atoms with van der Waals surface area (Å²) in [6, 6.07) is 26.0. The summed E-state index contributed by atoms with van der Waals surface area (Å²) in [6.45, 7) is 35.5. The monoisotopic (exact) mass is 698 g/mol. The molecule has 0 spiro atoms. The van der Waals surface area contributed by atoms with Crippen molar-refractivity contribution in [1.29, 1.82) is 0 Å². The van der Waals surface area contributed by atoms with Crippen molar-refractivity contribution in [2.45, 2.75) is 132 Å². The molecule has 47 heavy (non-hydrogen) atoms. The molecule has 0 aliphatic carbocycles. The number of hydrogen-bond acceptors (Lipinski definition) is 2. The summed E-state index contributed by atoms with van der Waals surface area (Å²) in [4.78, 5) is 0. The van der Waals surface area contributed by atoms with Gasteiger partial charge in [0.2, 0.25) is 0 Å². The first-order valence-corrected chi connectivity index (χ1v) is 17.7. The van der Waals surface area contributed by atoms with Gasteiger partial charge in [-0.3, -0.25) is 0 Å². The molecule has 3 heteroatoms. The van der Waals surface area contributed by atoms with Gasteiger partial charge in [-0.05, 0) is 118 Å². The number of rotatable bonds is 2. The quantitative estimate of drug-likeness (QED) is 0.204. The van der Waals surface area contributed by atoms with Crippen molar-refractivity contribution in [2.75, 3.05) is 11.1 Å². The zero-order valence-corrected chi connectivity index (χ0v) is 34.0. The van der Waals surface area contributed by atoms with E-state index in [-0.39, 0.29) is 21.7 Å². The van der Waals surface area contributed by atoms with Gasteiger partial charge in [-0.25, -0.2) is 0 Å². The molecule has 0 saturated heterocycles. The number of benzene rings is 4. The first kappa shape index (κ1) is 40.1. The number of aryl methyl sites for hydroxylation is 4. The van der Waals surface area contributed by atoms with E-state index in [1.54, 1.807) is 0 Å². The topological polar surface area (TPSA) is 38.0 Å². The molecule has 0 fully saturated rings. The van der Waals surface area contributed by atoms with Gasteiger partial charge in [0.05, 0.1) is 0 Å². The van der Waals surface area contributed by atoms with Gasteiger partial charge in [0.15, 0.2) is 0 Å². The number of nitrogen functional groups attached to an aromatic ring is 1. The van der Waals surface area contributed by atoms with Gasteiger partial charge in [-0.15, -0.1) is 0 Å². The maximum absolute atomic E-state index is 5.57. The fourth-order valence-corrected chi connectivity index (χ4v) is 5.38. The summed E-state index contributed by atoms with van der Waals surface area (Å²) < 4.78 is 1.24. The van der Waals surface area contributed by atoms with Crippen LogP contribution < -0.4 is 11.1 Å². The van der Waals surface area contributed by atoms with Crippen LogP contribution in [-0.4, -0.2) is 0 Å². The first-order valence-electron chi connectivity index (χ1n) is 16.9. The molecule has 0 aliphatic rings. The van der Waals surface area contributed by atoms with E-state index in [1.807, 2.05) is 12.1 Å². The largest absolute Gasteiger partial charge is 0.399 e. The van der Waals surface area contributed by atoms with E-state index < -0.39 is 0 Å². The van der Waals surface area contributed by atoms with Crippen LogP contribution in [0, 0.1) is 27.7 Å². The van der Waals surface area contributed by atoms with Gasteiger partial charge in [0.25, 0.3) is 0 Å². The Morgan fingerprint density at radius 3 is 1.06 bits per heavy atom. The van der Waals surface area contributed by atoms with Gasteiger partial charge in [0, 0.05) is 21.5 Å². The minimum Gasteiger partial charge on any atom is -0.399 e. The van der Waals surface area contributed by atoms with Crippen molar-refractivity contribution in [3.8, 4) is 0 Å². The lowest BCUT2D eigenvalue weighted by Gasteiger charge is -2.23. The fraction of sp³-hybridized carbons (Fsp3) is 0.455. The molecule has 3 N–H and O–H groups in total. The zero-order valence-electron chi connectivity index (χ0n) is 32.4. The van der Waals surface area contributed by atoms with E-state index in [4.69, 9.17) is 5.73 Å². The third-order valence-corrected chi connectivity index (χ3v) is 9.75. The summed E-state index contributed by atoms with van der Waals surface area (Å²) in [6.07, 6.45) is 0. The summed E-state index contributed by atoms with van der Waals surface area (Å²) in [5.74, 6) is 0. The van der Waals surface area contributed by atoms with Crippen molar-refractivity contribution < 1.29 is 0 Å². The lowest BCUT2D eigenvalue weighted by atomic mass is 9.84. The Labute approximate surface area is 297 Å². The fourth-order valence-electron chi connectivity index (χ4n) is 5.15. The van der Waals surface area contributed by atoms with Crippen LogP contribution in [0.4, 0.5) is 17.1 Å². The van der Waals surface area contributed by atoms with Gasteiger partial charge < -0.3 is 11.1 Å². The SMILES string of the molecule is CC(C)(C)c1ccc(N)cc1.Cc1cc(C(C)(C)C)cc(C)c1Br.Cc1cc(C(C)(C)C)cc(C)c1Nc1ccc(C(C)(C)C)cc1. The van der Waals surface area contributed by atoms with E-state index in [2.05, 4.69) is 193 Å². The van der Waals surface area contributed by atoms with Crippen LogP contribution in [0.3, 0.4) is 0 Å². The van der Waals surface area contributed by atoms with E-state index in [0.29, 0.717) is 0 Å². The van der Waals surface area contributed by atoms with E-state index in [9.17, 15) is 0 Å². The van der Waals surface area contributed by atoms with Gasteiger partial charge >= 0.3 is 0 Å². The van der Waals surface area contributed by atoms with E-state index in [0.717, 1.165) is 11.4 Å². The number of anilines is 3. The molecule has 0 radical (unpaired) electrons. The molecule has 0 aliphatic heterocycles. The van der Waals surface area contributed by atoms with Crippen molar-refractivity contribution in [3.63, 3.8) is 0 Å². The molecular formula is C44H63BrN2. The zero-order chi connectivity index (χ0) is 36.1. The number of nitrogens with two attached hydrogens (primary N) is 1. The van der Waals surface area contributed by atoms with Crippen LogP contribution in [0.5, 0.6) is 0 Å². The highest BCUT2D eigenvalue weighted by Crippen LogP contribution is 2.33. The third kappa shape index (κ3) is 12.2. The number of hydrogen-bond donors (Lipinski definition) is 2. The van der Waals surface area contributed by atoms with Crippen molar-refractivity contribution in [2.24, 2.45) is 0 Å². The second kappa shape index (κ2) is 15.5.